The second-order valence-corrected chi connectivity index (χ2v) is 5.84. The van der Waals surface area contributed by atoms with E-state index in [1.807, 2.05) is 18.3 Å². The van der Waals surface area contributed by atoms with Gasteiger partial charge in [0.15, 0.2) is 5.82 Å². The summed E-state index contributed by atoms with van der Waals surface area (Å²) in [6, 6.07) is 3.93. The highest BCUT2D eigenvalue weighted by Crippen LogP contribution is 2.33. The summed E-state index contributed by atoms with van der Waals surface area (Å²) in [7, 11) is 0. The van der Waals surface area contributed by atoms with Crippen LogP contribution in [0, 0.1) is 13.8 Å². The molecule has 102 valence electrons. The SMILES string of the molecule is Cc1sc2nc(Cc3cccnc3)nc(NN)c2c1C. The zero-order valence-corrected chi connectivity index (χ0v) is 12.2. The number of aryl methyl sites for hydroxylation is 2. The van der Waals surface area contributed by atoms with Crippen molar-refractivity contribution in [3.63, 3.8) is 0 Å². The predicted molar refractivity (Wildman–Crippen MR) is 81.7 cm³/mol. The van der Waals surface area contributed by atoms with Crippen LogP contribution in [0.5, 0.6) is 0 Å². The maximum Gasteiger partial charge on any atom is 0.152 e. The van der Waals surface area contributed by atoms with E-state index in [-0.39, 0.29) is 0 Å². The number of nitrogens with zero attached hydrogens (tertiary/aromatic N) is 3. The molecule has 0 saturated carbocycles. The fraction of sp³-hybridized carbons (Fsp3) is 0.214. The van der Waals surface area contributed by atoms with Gasteiger partial charge in [0.25, 0.3) is 0 Å². The third kappa shape index (κ3) is 2.23. The number of anilines is 1. The third-order valence-corrected chi connectivity index (χ3v) is 4.40. The van der Waals surface area contributed by atoms with Gasteiger partial charge >= 0.3 is 0 Å². The normalized spacial score (nSPS) is 10.9. The number of nitrogen functional groups attached to an aromatic ring is 1. The van der Waals surface area contributed by atoms with Gasteiger partial charge in [-0.15, -0.1) is 11.3 Å². The van der Waals surface area contributed by atoms with Crippen molar-refractivity contribution in [2.24, 2.45) is 5.84 Å². The summed E-state index contributed by atoms with van der Waals surface area (Å²) >= 11 is 1.67. The highest BCUT2D eigenvalue weighted by molar-refractivity contribution is 7.18. The number of hydrogen-bond donors (Lipinski definition) is 2. The van der Waals surface area contributed by atoms with Crippen LogP contribution in [-0.2, 0) is 6.42 Å². The van der Waals surface area contributed by atoms with Gasteiger partial charge < -0.3 is 5.43 Å². The van der Waals surface area contributed by atoms with Crippen molar-refractivity contribution >= 4 is 27.4 Å². The van der Waals surface area contributed by atoms with Crippen LogP contribution in [0.25, 0.3) is 10.2 Å². The van der Waals surface area contributed by atoms with Gasteiger partial charge in [-0.3, -0.25) is 4.98 Å². The van der Waals surface area contributed by atoms with E-state index in [1.165, 1.54) is 10.4 Å². The maximum atomic E-state index is 5.61. The molecule has 0 aliphatic rings. The summed E-state index contributed by atoms with van der Waals surface area (Å²) < 4.78 is 0. The summed E-state index contributed by atoms with van der Waals surface area (Å²) in [5.41, 5.74) is 4.96. The Labute approximate surface area is 120 Å². The van der Waals surface area contributed by atoms with E-state index in [0.29, 0.717) is 12.2 Å². The quantitative estimate of drug-likeness (QED) is 0.571. The molecule has 5 nitrogen and oxygen atoms in total. The van der Waals surface area contributed by atoms with Gasteiger partial charge in [-0.05, 0) is 31.0 Å². The van der Waals surface area contributed by atoms with E-state index < -0.39 is 0 Å². The lowest BCUT2D eigenvalue weighted by Crippen LogP contribution is -2.11. The number of hydrazine groups is 1. The molecule has 3 heterocycles. The van der Waals surface area contributed by atoms with Crippen molar-refractivity contribution in [3.8, 4) is 0 Å². The van der Waals surface area contributed by atoms with Crippen LogP contribution in [0.4, 0.5) is 5.82 Å². The third-order valence-electron chi connectivity index (χ3n) is 3.30. The van der Waals surface area contributed by atoms with Crippen LogP contribution in [0.3, 0.4) is 0 Å². The Balaban J connectivity index is 2.09. The van der Waals surface area contributed by atoms with Gasteiger partial charge in [-0.2, -0.15) is 0 Å². The van der Waals surface area contributed by atoms with Crippen molar-refractivity contribution in [1.82, 2.24) is 15.0 Å². The van der Waals surface area contributed by atoms with E-state index in [0.717, 1.165) is 21.6 Å². The molecular formula is C14H15N5S. The first kappa shape index (κ1) is 13.0. The highest BCUT2D eigenvalue weighted by atomic mass is 32.1. The van der Waals surface area contributed by atoms with Crippen LogP contribution in [0.2, 0.25) is 0 Å². The molecule has 0 unspecified atom stereocenters. The fourth-order valence-corrected chi connectivity index (χ4v) is 3.21. The summed E-state index contributed by atoms with van der Waals surface area (Å²) in [5.74, 6) is 7.05. The molecule has 3 aromatic rings. The average molecular weight is 285 g/mol. The van der Waals surface area contributed by atoms with Gasteiger partial charge in [-0.1, -0.05) is 6.07 Å². The number of nitrogens with one attached hydrogen (secondary N) is 1. The number of pyridine rings is 1. The van der Waals surface area contributed by atoms with Crippen molar-refractivity contribution in [2.75, 3.05) is 5.43 Å². The molecule has 3 rings (SSSR count). The monoisotopic (exact) mass is 285 g/mol. The molecule has 20 heavy (non-hydrogen) atoms. The predicted octanol–water partition coefficient (Wildman–Crippen LogP) is 2.58. The molecule has 0 bridgehead atoms. The number of aromatic nitrogens is 3. The van der Waals surface area contributed by atoms with E-state index in [2.05, 4.69) is 34.2 Å². The molecule has 0 spiro atoms. The molecule has 3 N–H and O–H groups in total. The molecule has 6 heteroatoms. The topological polar surface area (TPSA) is 76.7 Å². The van der Waals surface area contributed by atoms with Crippen LogP contribution >= 0.6 is 11.3 Å². The molecule has 0 radical (unpaired) electrons. The maximum absolute atomic E-state index is 5.61. The zero-order chi connectivity index (χ0) is 14.1. The number of thiophene rings is 1. The number of nitrogens with two attached hydrogens (primary N) is 1. The lowest BCUT2D eigenvalue weighted by molar-refractivity contribution is 0.984. The van der Waals surface area contributed by atoms with E-state index in [1.54, 1.807) is 17.5 Å². The summed E-state index contributed by atoms with van der Waals surface area (Å²) in [6.07, 6.45) is 4.23. The second kappa shape index (κ2) is 5.15. The molecule has 0 saturated heterocycles. The van der Waals surface area contributed by atoms with Crippen molar-refractivity contribution < 1.29 is 0 Å². The minimum absolute atomic E-state index is 0.647. The largest absolute Gasteiger partial charge is 0.308 e. The zero-order valence-electron chi connectivity index (χ0n) is 11.3. The van der Waals surface area contributed by atoms with E-state index >= 15 is 0 Å². The highest BCUT2D eigenvalue weighted by Gasteiger charge is 2.14. The lowest BCUT2D eigenvalue weighted by atomic mass is 10.2. The van der Waals surface area contributed by atoms with E-state index in [9.17, 15) is 0 Å². The first-order valence-corrected chi connectivity index (χ1v) is 7.13. The van der Waals surface area contributed by atoms with Crippen molar-refractivity contribution in [3.05, 3.63) is 46.4 Å². The Bertz CT molecular complexity index is 751. The second-order valence-electron chi connectivity index (χ2n) is 4.63. The Morgan fingerprint density at radius 1 is 1.30 bits per heavy atom. The molecule has 0 fully saturated rings. The van der Waals surface area contributed by atoms with Crippen molar-refractivity contribution in [2.45, 2.75) is 20.3 Å². The minimum atomic E-state index is 0.647. The Morgan fingerprint density at radius 2 is 2.15 bits per heavy atom. The van der Waals surface area contributed by atoms with Crippen LogP contribution in [-0.4, -0.2) is 15.0 Å². The Morgan fingerprint density at radius 3 is 2.85 bits per heavy atom. The van der Waals surface area contributed by atoms with Crippen LogP contribution < -0.4 is 11.3 Å². The molecule has 0 aliphatic carbocycles. The molecular weight excluding hydrogens is 270 g/mol. The van der Waals surface area contributed by atoms with E-state index in [4.69, 9.17) is 5.84 Å². The Kier molecular flexibility index (Phi) is 3.33. The summed E-state index contributed by atoms with van der Waals surface area (Å²) in [5, 5.41) is 1.02. The minimum Gasteiger partial charge on any atom is -0.308 e. The smallest absolute Gasteiger partial charge is 0.152 e. The summed E-state index contributed by atoms with van der Waals surface area (Å²) in [4.78, 5) is 15.5. The fourth-order valence-electron chi connectivity index (χ4n) is 2.16. The lowest BCUT2D eigenvalue weighted by Gasteiger charge is -2.06. The van der Waals surface area contributed by atoms with Gasteiger partial charge in [0, 0.05) is 23.7 Å². The van der Waals surface area contributed by atoms with Gasteiger partial charge in [-0.25, -0.2) is 15.8 Å². The first-order valence-electron chi connectivity index (χ1n) is 6.31. The number of fused-ring (bicyclic) bond motifs is 1. The molecule has 0 amide bonds. The van der Waals surface area contributed by atoms with Crippen LogP contribution in [0.1, 0.15) is 21.8 Å². The Hall–Kier alpha value is -2.05. The summed E-state index contributed by atoms with van der Waals surface area (Å²) in [6.45, 7) is 4.15. The van der Waals surface area contributed by atoms with Gasteiger partial charge in [0.05, 0.1) is 5.39 Å². The number of rotatable bonds is 3. The van der Waals surface area contributed by atoms with Crippen LogP contribution in [0.15, 0.2) is 24.5 Å². The van der Waals surface area contributed by atoms with Gasteiger partial charge in [0.1, 0.15) is 10.7 Å². The van der Waals surface area contributed by atoms with Crippen molar-refractivity contribution in [1.29, 1.82) is 0 Å². The first-order chi connectivity index (χ1) is 9.69. The van der Waals surface area contributed by atoms with Gasteiger partial charge in [0.2, 0.25) is 0 Å². The average Bonchev–Trinajstić information content (AvgIpc) is 2.74. The standard InChI is InChI=1S/C14H15N5S/c1-8-9(2)20-14-12(8)13(19-15)17-11(18-14)6-10-4-3-5-16-7-10/h3-5,7H,6,15H2,1-2H3,(H,17,18,19). The molecule has 0 atom stereocenters. The molecule has 3 aromatic heterocycles. The molecule has 0 aliphatic heterocycles. The number of hydrogen-bond acceptors (Lipinski definition) is 6. The molecule has 0 aromatic carbocycles.